The van der Waals surface area contributed by atoms with Crippen LogP contribution < -0.4 is 61.1 Å². The van der Waals surface area contributed by atoms with Gasteiger partial charge in [-0.3, -0.25) is 0 Å². The summed E-state index contributed by atoms with van der Waals surface area (Å²) in [6, 6.07) is 81.9. The van der Waals surface area contributed by atoms with E-state index in [4.69, 9.17) is 9.15 Å². The Balaban J connectivity index is 1.04. The van der Waals surface area contributed by atoms with Gasteiger partial charge in [0.1, 0.15) is 0 Å². The molecular weight excluding hydrogens is 895 g/mol. The van der Waals surface area contributed by atoms with Gasteiger partial charge in [0.05, 0.1) is 0 Å². The second-order valence-corrected chi connectivity index (χ2v) is 20.2. The molecule has 0 saturated heterocycles. The van der Waals surface area contributed by atoms with Crippen LogP contribution >= 0.6 is 0 Å². The second kappa shape index (κ2) is 14.7. The number of benzene rings is 10. The molecule has 68 heavy (non-hydrogen) atoms. The third-order valence-electron chi connectivity index (χ3n) is 14.3. The Morgan fingerprint density at radius 3 is 1.68 bits per heavy atom. The first-order chi connectivity index (χ1) is 33.7. The van der Waals surface area contributed by atoms with Crippen LogP contribution in [0.15, 0.2) is 229 Å². The molecule has 4 aliphatic rings. The van der Waals surface area contributed by atoms with Crippen molar-refractivity contribution in [2.45, 2.75) is 0 Å². The SMILES string of the molecule is c1ccc(N(c2ccccc2)c2cc3c4c(c2)N(c2ccccc2)c2cc5c(cc2B4c2ccccc2N3c2ccccc2)B2c3ccccc3Oc3c2c(cc2oc4ccccc4c32)[Se]5)cc1. The van der Waals surface area contributed by atoms with Gasteiger partial charge in [0, 0.05) is 0 Å². The van der Waals surface area contributed by atoms with Gasteiger partial charge in [-0.2, -0.15) is 0 Å². The van der Waals surface area contributed by atoms with Crippen LogP contribution in [0.4, 0.5) is 51.2 Å². The Hall–Kier alpha value is -8.15. The number of nitrogens with zero attached hydrogens (tertiary/aromatic N) is 3. The van der Waals surface area contributed by atoms with Crippen molar-refractivity contribution < 1.29 is 9.15 Å². The van der Waals surface area contributed by atoms with Gasteiger partial charge >= 0.3 is 403 Å². The van der Waals surface area contributed by atoms with E-state index in [1.807, 2.05) is 6.07 Å². The fourth-order valence-electron chi connectivity index (χ4n) is 11.6. The number of hydrogen-bond donors (Lipinski definition) is 0. The summed E-state index contributed by atoms with van der Waals surface area (Å²) < 4.78 is 16.4. The van der Waals surface area contributed by atoms with E-state index in [0.29, 0.717) is 0 Å². The number of para-hydroxylation sites is 7. The zero-order valence-corrected chi connectivity index (χ0v) is 38.3. The summed E-state index contributed by atoms with van der Waals surface area (Å²) >= 11 is -0.0601. The Morgan fingerprint density at radius 2 is 0.971 bits per heavy atom. The molecule has 0 fully saturated rings. The summed E-state index contributed by atoms with van der Waals surface area (Å²) in [6.45, 7) is -0.0755. The molecule has 1 aromatic heterocycles. The fraction of sp³-hybridized carbons (Fsp3) is 0. The van der Waals surface area contributed by atoms with E-state index >= 15 is 0 Å². The average molecular weight is 933 g/mol. The predicted molar refractivity (Wildman–Crippen MR) is 285 cm³/mol. The molecule has 0 N–H and O–H groups in total. The van der Waals surface area contributed by atoms with E-state index in [2.05, 4.69) is 233 Å². The van der Waals surface area contributed by atoms with Crippen LogP contribution in [0.1, 0.15) is 0 Å². The van der Waals surface area contributed by atoms with Gasteiger partial charge in [0.2, 0.25) is 0 Å². The molecule has 11 aromatic rings. The van der Waals surface area contributed by atoms with Crippen LogP contribution in [0.25, 0.3) is 21.9 Å². The van der Waals surface area contributed by atoms with Crippen molar-refractivity contribution >= 4 is 143 Å². The molecular formula is C60H37B2N3O2Se. The van der Waals surface area contributed by atoms with Crippen molar-refractivity contribution in [1.82, 2.24) is 0 Å². The van der Waals surface area contributed by atoms with Crippen LogP contribution in [0.2, 0.25) is 0 Å². The third-order valence-corrected chi connectivity index (χ3v) is 16.7. The normalized spacial score (nSPS) is 13.5. The van der Waals surface area contributed by atoms with E-state index in [1.54, 1.807) is 0 Å². The molecule has 0 bridgehead atoms. The van der Waals surface area contributed by atoms with Gasteiger partial charge in [0.25, 0.3) is 0 Å². The molecule has 0 saturated carbocycles. The average Bonchev–Trinajstić information content (AvgIpc) is 3.78. The van der Waals surface area contributed by atoms with Crippen molar-refractivity contribution in [2.24, 2.45) is 0 Å². The molecule has 0 atom stereocenters. The van der Waals surface area contributed by atoms with Gasteiger partial charge in [-0.25, -0.2) is 0 Å². The van der Waals surface area contributed by atoms with Crippen LogP contribution in [0.3, 0.4) is 0 Å². The summed E-state index contributed by atoms with van der Waals surface area (Å²) in [4.78, 5) is 7.45. The van der Waals surface area contributed by atoms with E-state index in [9.17, 15) is 0 Å². The van der Waals surface area contributed by atoms with E-state index in [1.165, 1.54) is 58.8 Å². The first kappa shape index (κ1) is 38.0. The molecule has 0 spiro atoms. The summed E-state index contributed by atoms with van der Waals surface area (Å²) in [5.74, 6) is 1.84. The molecule has 4 aliphatic heterocycles. The number of hydrogen-bond acceptors (Lipinski definition) is 5. The Bertz CT molecular complexity index is 3810. The van der Waals surface area contributed by atoms with Crippen LogP contribution in [-0.2, 0) is 0 Å². The minimum atomic E-state index is -0.0601. The Labute approximate surface area is 400 Å². The summed E-state index contributed by atoms with van der Waals surface area (Å²) in [5.41, 5.74) is 19.7. The fourth-order valence-corrected chi connectivity index (χ4v) is 14.1. The first-order valence-corrected chi connectivity index (χ1v) is 24.9. The first-order valence-electron chi connectivity index (χ1n) is 23.2. The van der Waals surface area contributed by atoms with Crippen LogP contribution in [0, 0.1) is 0 Å². The molecule has 5 heterocycles. The number of rotatable bonds is 5. The second-order valence-electron chi connectivity index (χ2n) is 18.0. The maximum absolute atomic E-state index is 7.05. The van der Waals surface area contributed by atoms with Crippen molar-refractivity contribution in [3.8, 4) is 11.5 Å². The Kier molecular flexibility index (Phi) is 8.20. The number of furan rings is 1. The van der Waals surface area contributed by atoms with Crippen LogP contribution in [-0.4, -0.2) is 28.4 Å². The predicted octanol–water partition coefficient (Wildman–Crippen LogP) is 9.73. The standard InChI is InChI=1S/C60H37B2N3O2Se/c1-5-19-38(20-6-1)63(39-21-7-2-8-22-39)42-33-50-58-51(34-42)65(41-25-11-4-12-26-41)49-36-55-47(35-46(49)61(58)44-28-14-16-30-48(44)64(50)40-23-9-3-10-24-40)62-45-29-15-18-32-53(45)67-60-57-43-27-13-17-31-52(43)66-54(57)37-56(68-55)59(60)62/h1-37H. The number of fused-ring (bicyclic) bond motifs is 12. The van der Waals surface area contributed by atoms with Gasteiger partial charge in [-0.15, -0.1) is 0 Å². The van der Waals surface area contributed by atoms with Gasteiger partial charge in [-0.05, 0) is 0 Å². The van der Waals surface area contributed by atoms with E-state index in [-0.39, 0.29) is 28.4 Å². The Morgan fingerprint density at radius 1 is 0.397 bits per heavy atom. The third kappa shape index (κ3) is 5.47. The molecule has 0 aliphatic carbocycles. The molecule has 0 unspecified atom stereocenters. The van der Waals surface area contributed by atoms with Gasteiger partial charge in [-0.1, -0.05) is 0 Å². The zero-order valence-electron chi connectivity index (χ0n) is 36.6. The minimum absolute atomic E-state index is 0.0164. The molecule has 8 heteroatoms. The van der Waals surface area contributed by atoms with Crippen molar-refractivity contribution in [1.29, 1.82) is 0 Å². The van der Waals surface area contributed by atoms with E-state index in [0.717, 1.165) is 67.6 Å². The maximum atomic E-state index is 7.05. The monoisotopic (exact) mass is 933 g/mol. The molecule has 10 aromatic carbocycles. The summed E-state index contributed by atoms with van der Waals surface area (Å²) in [7, 11) is 0. The number of anilines is 9. The topological polar surface area (TPSA) is 32.1 Å². The van der Waals surface area contributed by atoms with Gasteiger partial charge in [0.15, 0.2) is 0 Å². The molecule has 5 nitrogen and oxygen atoms in total. The zero-order chi connectivity index (χ0) is 44.5. The number of ether oxygens (including phenoxy) is 1. The van der Waals surface area contributed by atoms with Crippen molar-refractivity contribution in [3.63, 3.8) is 0 Å². The quantitative estimate of drug-likeness (QED) is 0.161. The molecule has 0 radical (unpaired) electrons. The van der Waals surface area contributed by atoms with Crippen LogP contribution in [0.5, 0.6) is 11.5 Å². The molecule has 316 valence electrons. The van der Waals surface area contributed by atoms with E-state index < -0.39 is 0 Å². The van der Waals surface area contributed by atoms with Gasteiger partial charge < -0.3 is 0 Å². The summed E-state index contributed by atoms with van der Waals surface area (Å²) in [5, 5.41) is 2.15. The summed E-state index contributed by atoms with van der Waals surface area (Å²) in [6.07, 6.45) is 0. The van der Waals surface area contributed by atoms with Crippen molar-refractivity contribution in [3.05, 3.63) is 224 Å². The van der Waals surface area contributed by atoms with Crippen molar-refractivity contribution in [2.75, 3.05) is 14.7 Å². The molecule has 0 amide bonds. The molecule has 15 rings (SSSR count).